The van der Waals surface area contributed by atoms with Crippen LogP contribution in [0.3, 0.4) is 0 Å². The van der Waals surface area contributed by atoms with E-state index in [0.717, 1.165) is 27.8 Å². The molecule has 2 N–H and O–H groups in total. The number of fused-ring (bicyclic) bond motifs is 1. The Morgan fingerprint density at radius 3 is 2.84 bits per heavy atom. The van der Waals surface area contributed by atoms with Crippen LogP contribution in [0.25, 0.3) is 28.1 Å². The van der Waals surface area contributed by atoms with Gasteiger partial charge in [0.15, 0.2) is 11.6 Å². The van der Waals surface area contributed by atoms with E-state index in [1.165, 1.54) is 0 Å². The number of rotatable bonds is 5. The summed E-state index contributed by atoms with van der Waals surface area (Å²) in [7, 11) is 1.65. The number of ether oxygens (including phenoxy) is 1. The zero-order valence-electron chi connectivity index (χ0n) is 16.8. The number of aryl methyl sites for hydroxylation is 1. The van der Waals surface area contributed by atoms with E-state index in [1.807, 2.05) is 55.5 Å². The maximum Gasteiger partial charge on any atom is 0.232 e. The molecular weight excluding hydrogens is 414 g/mol. The monoisotopic (exact) mass is 431 g/mol. The van der Waals surface area contributed by atoms with E-state index < -0.39 is 0 Å². The van der Waals surface area contributed by atoms with Gasteiger partial charge in [0, 0.05) is 17.1 Å². The first kappa shape index (κ1) is 19.1. The van der Waals surface area contributed by atoms with Crippen molar-refractivity contribution in [2.24, 2.45) is 0 Å². The molecule has 0 fully saturated rings. The summed E-state index contributed by atoms with van der Waals surface area (Å²) in [5.74, 6) is 2.42. The van der Waals surface area contributed by atoms with Crippen molar-refractivity contribution < 1.29 is 4.74 Å². The zero-order chi connectivity index (χ0) is 21.4. The first-order chi connectivity index (χ1) is 15.1. The van der Waals surface area contributed by atoms with Crippen LogP contribution in [0.15, 0.2) is 60.9 Å². The SMILES string of the molecule is COc1cc(-c2nc(Nc3ccc4[nH]ncc4c3Cl)n(-c3ccccn3)n2)ccc1C. The second kappa shape index (κ2) is 7.73. The van der Waals surface area contributed by atoms with Gasteiger partial charge in [-0.05, 0) is 42.8 Å². The molecule has 0 aliphatic carbocycles. The van der Waals surface area contributed by atoms with Gasteiger partial charge in [-0.1, -0.05) is 29.8 Å². The molecule has 0 aliphatic heterocycles. The lowest BCUT2D eigenvalue weighted by Gasteiger charge is -2.09. The fourth-order valence-electron chi connectivity index (χ4n) is 3.31. The van der Waals surface area contributed by atoms with Crippen LogP contribution in [-0.4, -0.2) is 37.1 Å². The van der Waals surface area contributed by atoms with Gasteiger partial charge < -0.3 is 10.1 Å². The number of halogens is 1. The normalized spacial score (nSPS) is 11.1. The van der Waals surface area contributed by atoms with E-state index in [9.17, 15) is 0 Å². The Hall–Kier alpha value is -3.91. The molecule has 0 radical (unpaired) electrons. The van der Waals surface area contributed by atoms with Crippen molar-refractivity contribution in [2.45, 2.75) is 6.92 Å². The van der Waals surface area contributed by atoms with Crippen LogP contribution in [0.2, 0.25) is 5.02 Å². The van der Waals surface area contributed by atoms with Crippen molar-refractivity contribution in [3.63, 3.8) is 0 Å². The van der Waals surface area contributed by atoms with Crippen LogP contribution in [0.5, 0.6) is 5.75 Å². The van der Waals surface area contributed by atoms with Crippen LogP contribution in [0.4, 0.5) is 11.6 Å². The molecule has 2 aromatic carbocycles. The van der Waals surface area contributed by atoms with Crippen LogP contribution < -0.4 is 10.1 Å². The molecule has 3 heterocycles. The predicted molar refractivity (Wildman–Crippen MR) is 120 cm³/mol. The molecule has 31 heavy (non-hydrogen) atoms. The number of anilines is 2. The molecule has 8 nitrogen and oxygen atoms in total. The molecule has 0 atom stereocenters. The van der Waals surface area contributed by atoms with Gasteiger partial charge in [0.25, 0.3) is 0 Å². The first-order valence-corrected chi connectivity index (χ1v) is 9.94. The third kappa shape index (κ3) is 3.47. The van der Waals surface area contributed by atoms with Crippen molar-refractivity contribution in [3.05, 3.63) is 71.5 Å². The number of benzene rings is 2. The fraction of sp³-hybridized carbons (Fsp3) is 0.0909. The highest BCUT2D eigenvalue weighted by atomic mass is 35.5. The Labute approximate surface area is 182 Å². The fourth-order valence-corrected chi connectivity index (χ4v) is 3.57. The molecule has 0 saturated heterocycles. The minimum absolute atomic E-state index is 0.484. The van der Waals surface area contributed by atoms with Gasteiger partial charge in [-0.25, -0.2) is 4.98 Å². The number of methoxy groups -OCH3 is 1. The Balaban J connectivity index is 1.62. The predicted octanol–water partition coefficient (Wildman–Crippen LogP) is 4.92. The Kier molecular flexibility index (Phi) is 4.76. The Bertz CT molecular complexity index is 1380. The molecule has 5 aromatic rings. The van der Waals surface area contributed by atoms with Crippen LogP contribution in [0, 0.1) is 6.92 Å². The molecule has 0 spiro atoms. The molecule has 0 saturated carbocycles. The number of nitrogens with one attached hydrogen (secondary N) is 2. The van der Waals surface area contributed by atoms with E-state index in [2.05, 4.69) is 20.5 Å². The summed E-state index contributed by atoms with van der Waals surface area (Å²) in [6, 6.07) is 15.2. The molecule has 0 amide bonds. The topological polar surface area (TPSA) is 93.5 Å². The molecule has 9 heteroatoms. The third-order valence-electron chi connectivity index (χ3n) is 4.94. The van der Waals surface area contributed by atoms with Gasteiger partial charge in [-0.3, -0.25) is 5.10 Å². The van der Waals surface area contributed by atoms with Gasteiger partial charge in [0.2, 0.25) is 5.95 Å². The van der Waals surface area contributed by atoms with E-state index in [-0.39, 0.29) is 0 Å². The molecule has 3 aromatic heterocycles. The summed E-state index contributed by atoms with van der Waals surface area (Å²) in [6.07, 6.45) is 3.40. The third-order valence-corrected chi connectivity index (χ3v) is 5.35. The molecule has 0 aliphatic rings. The van der Waals surface area contributed by atoms with Crippen LogP contribution in [0.1, 0.15) is 5.56 Å². The highest BCUT2D eigenvalue weighted by Gasteiger charge is 2.17. The number of H-pyrrole nitrogens is 1. The van der Waals surface area contributed by atoms with E-state index in [4.69, 9.17) is 26.4 Å². The average molecular weight is 432 g/mol. The van der Waals surface area contributed by atoms with E-state index in [1.54, 1.807) is 24.2 Å². The maximum absolute atomic E-state index is 6.60. The van der Waals surface area contributed by atoms with Crippen molar-refractivity contribution >= 4 is 34.1 Å². The summed E-state index contributed by atoms with van der Waals surface area (Å²) in [6.45, 7) is 1.99. The second-order valence-electron chi connectivity index (χ2n) is 6.93. The Morgan fingerprint density at radius 1 is 1.13 bits per heavy atom. The molecule has 154 valence electrons. The highest BCUT2D eigenvalue weighted by Crippen LogP contribution is 2.33. The number of hydrogen-bond acceptors (Lipinski definition) is 6. The van der Waals surface area contributed by atoms with Gasteiger partial charge in [-0.2, -0.15) is 14.8 Å². The second-order valence-corrected chi connectivity index (χ2v) is 7.30. The minimum Gasteiger partial charge on any atom is -0.496 e. The number of pyridine rings is 1. The molecular formula is C22H18ClN7O. The van der Waals surface area contributed by atoms with Crippen LogP contribution >= 0.6 is 11.6 Å². The summed E-state index contributed by atoms with van der Waals surface area (Å²) in [5.41, 5.74) is 3.41. The average Bonchev–Trinajstić information content (AvgIpc) is 3.44. The number of nitrogens with zero attached hydrogens (tertiary/aromatic N) is 5. The lowest BCUT2D eigenvalue weighted by atomic mass is 10.1. The van der Waals surface area contributed by atoms with E-state index >= 15 is 0 Å². The van der Waals surface area contributed by atoms with Crippen molar-refractivity contribution in [2.75, 3.05) is 12.4 Å². The summed E-state index contributed by atoms with van der Waals surface area (Å²) in [4.78, 5) is 9.15. The molecule has 0 unspecified atom stereocenters. The van der Waals surface area contributed by atoms with E-state index in [0.29, 0.717) is 28.3 Å². The molecule has 5 rings (SSSR count). The largest absolute Gasteiger partial charge is 0.496 e. The standard InChI is InChI=1S/C22H18ClN7O/c1-13-6-7-14(11-18(13)31-2)21-27-22(30(29-21)19-5-3-4-10-24-19)26-17-9-8-16-15(20(17)23)12-25-28-16/h3-12H,1-2H3,(H,25,28)(H,26,27,29). The lowest BCUT2D eigenvalue weighted by Crippen LogP contribution is -2.05. The first-order valence-electron chi connectivity index (χ1n) is 9.56. The van der Waals surface area contributed by atoms with Crippen LogP contribution in [-0.2, 0) is 0 Å². The van der Waals surface area contributed by atoms with Gasteiger partial charge in [0.05, 0.1) is 29.5 Å². The number of hydrogen-bond donors (Lipinski definition) is 2. The summed E-state index contributed by atoms with van der Waals surface area (Å²) in [5, 5.41) is 16.3. The Morgan fingerprint density at radius 2 is 2.03 bits per heavy atom. The zero-order valence-corrected chi connectivity index (χ0v) is 17.6. The summed E-state index contributed by atoms with van der Waals surface area (Å²) >= 11 is 6.60. The quantitative estimate of drug-likeness (QED) is 0.410. The van der Waals surface area contributed by atoms with Gasteiger partial charge in [0.1, 0.15) is 5.75 Å². The van der Waals surface area contributed by atoms with Gasteiger partial charge >= 0.3 is 0 Å². The van der Waals surface area contributed by atoms with Crippen molar-refractivity contribution in [1.82, 2.24) is 29.9 Å². The molecule has 0 bridgehead atoms. The smallest absolute Gasteiger partial charge is 0.232 e. The number of aromatic amines is 1. The maximum atomic E-state index is 6.60. The summed E-state index contributed by atoms with van der Waals surface area (Å²) < 4.78 is 7.11. The lowest BCUT2D eigenvalue weighted by molar-refractivity contribution is 0.412. The van der Waals surface area contributed by atoms with Crippen molar-refractivity contribution in [3.8, 4) is 23.0 Å². The highest BCUT2D eigenvalue weighted by molar-refractivity contribution is 6.38. The number of aromatic nitrogens is 6. The van der Waals surface area contributed by atoms with Crippen molar-refractivity contribution in [1.29, 1.82) is 0 Å². The minimum atomic E-state index is 0.484. The van der Waals surface area contributed by atoms with Gasteiger partial charge in [-0.15, -0.1) is 5.10 Å².